The van der Waals surface area contributed by atoms with Gasteiger partial charge in [0, 0.05) is 75.4 Å². The number of aliphatic hydroxyl groups is 1. The van der Waals surface area contributed by atoms with Gasteiger partial charge in [0.25, 0.3) is 0 Å². The van der Waals surface area contributed by atoms with Gasteiger partial charge in [-0.05, 0) is 184 Å². The van der Waals surface area contributed by atoms with Crippen LogP contribution >= 0.6 is 33.2 Å². The zero-order valence-electron chi connectivity index (χ0n) is 80.9. The minimum absolute atomic E-state index is 0.00894. The predicted molar refractivity (Wildman–Crippen MR) is 522 cm³/mol. The summed E-state index contributed by atoms with van der Waals surface area (Å²) in [6, 6.07) is -9.66. The first-order chi connectivity index (χ1) is 66.7. The maximum Gasteiger partial charge on any atom is 0.303 e. The molecule has 2 aromatic carbocycles. The van der Waals surface area contributed by atoms with E-state index >= 15 is 33.6 Å². The van der Waals surface area contributed by atoms with Crippen LogP contribution in [0.5, 0.6) is 0 Å². The number of nitrogens with one attached hydrogen (secondary N) is 15. The Kier molecular flexibility index (Phi) is 48.4. The molecule has 5 aliphatic heterocycles. The molecular weight excluding hydrogens is 1870 g/mol. The van der Waals surface area contributed by atoms with Crippen molar-refractivity contribution in [3.8, 4) is 0 Å². The fraction of sp³-hybridized carbons (Fsp3) is 0.656. The number of nitrogens with two attached hydrogens (primary N) is 4. The molecule has 0 saturated carbocycles. The Bertz CT molecular complexity index is 4620. The Hall–Kier alpha value is -11.5. The summed E-state index contributed by atoms with van der Waals surface area (Å²) in [4.78, 5) is 281. The van der Waals surface area contributed by atoms with E-state index in [1.807, 2.05) is 6.92 Å². The largest absolute Gasteiger partial charge is 0.481 e. The molecular formula is C93H144ClN23O21S2. The second-order valence-corrected chi connectivity index (χ2v) is 39.9. The number of carboxylic acid groups (broad SMARTS) is 1. The van der Waals surface area contributed by atoms with E-state index in [0.29, 0.717) is 56.1 Å². The Labute approximate surface area is 828 Å². The topological polar surface area (TPSA) is 674 Å². The molecule has 5 aliphatic rings. The summed E-state index contributed by atoms with van der Waals surface area (Å²) in [5.74, 6) is -18.2. The fourth-order valence-corrected chi connectivity index (χ4v) is 19.9. The van der Waals surface area contributed by atoms with E-state index in [4.69, 9.17) is 39.9 Å². The maximum atomic E-state index is 15.7. The van der Waals surface area contributed by atoms with Crippen LogP contribution in [0.1, 0.15) is 207 Å². The maximum absolute atomic E-state index is 15.7. The number of rotatable bonds is 39. The molecule has 5 heterocycles. The Balaban J connectivity index is 1.34. The van der Waals surface area contributed by atoms with Crippen molar-refractivity contribution in [3.63, 3.8) is 0 Å². The lowest BCUT2D eigenvalue weighted by Gasteiger charge is -2.33. The van der Waals surface area contributed by atoms with Crippen molar-refractivity contribution < 1.29 is 101 Å². The number of guanidine groups is 1. The van der Waals surface area contributed by atoms with Gasteiger partial charge in [-0.3, -0.25) is 96.5 Å². The number of unbranched alkanes of at least 4 members (excludes halogenated alkanes) is 3. The summed E-state index contributed by atoms with van der Waals surface area (Å²) < 4.78 is 0. The number of primary amides is 1. The number of likely N-dealkylation sites (tertiary alicyclic amines) is 3. The first-order valence-electron chi connectivity index (χ1n) is 48.5. The molecule has 5 saturated heterocycles. The predicted octanol–water partition coefficient (Wildman–Crippen LogP) is -2.03. The van der Waals surface area contributed by atoms with Gasteiger partial charge in [0.15, 0.2) is 5.96 Å². The van der Waals surface area contributed by atoms with Gasteiger partial charge < -0.3 is 127 Å². The van der Waals surface area contributed by atoms with Crippen LogP contribution in [0.4, 0.5) is 0 Å². The summed E-state index contributed by atoms with van der Waals surface area (Å²) in [6.45, 7) is 10.8. The molecule has 5 fully saturated rings. The smallest absolute Gasteiger partial charge is 0.303 e. The molecule has 2 aromatic rings. The van der Waals surface area contributed by atoms with Gasteiger partial charge in [-0.25, -0.2) is 0 Å². The Morgan fingerprint density at radius 3 is 1.71 bits per heavy atom. The summed E-state index contributed by atoms with van der Waals surface area (Å²) in [7, 11) is 1.93. The van der Waals surface area contributed by atoms with Gasteiger partial charge in [0.1, 0.15) is 103 Å². The number of nitrogens with zero attached hydrogens (tertiary/aromatic N) is 4. The van der Waals surface area contributed by atoms with Crippen molar-refractivity contribution in [3.05, 3.63) is 70.7 Å². The molecule has 0 aromatic heterocycles. The highest BCUT2D eigenvalue weighted by atomic mass is 35.5. The molecule has 0 spiro atoms. The number of halogens is 1. The highest BCUT2D eigenvalue weighted by Crippen LogP contribution is 2.30. The highest BCUT2D eigenvalue weighted by Gasteiger charge is 2.48. The van der Waals surface area contributed by atoms with Gasteiger partial charge in [-0.1, -0.05) is 123 Å². The number of carboxylic acids is 1. The fourth-order valence-electron chi connectivity index (χ4n) is 17.5. The van der Waals surface area contributed by atoms with Gasteiger partial charge >= 0.3 is 5.97 Å². The third-order valence-electron chi connectivity index (χ3n) is 25.0. The van der Waals surface area contributed by atoms with Crippen molar-refractivity contribution in [1.82, 2.24) is 94.0 Å². The number of aliphatic carboxylic acids is 1. The van der Waals surface area contributed by atoms with Crippen LogP contribution in [-0.4, -0.2) is 315 Å². The molecule has 25 N–H and O–H groups in total. The molecule has 47 heteroatoms. The number of hydrogen-bond donors (Lipinski definition) is 21. The number of carbonyl (C=O) groups excluding carboxylic acids is 18. The van der Waals surface area contributed by atoms with Gasteiger partial charge in [-0.2, -0.15) is 0 Å². The summed E-state index contributed by atoms with van der Waals surface area (Å²) >= 11 is 6.54. The van der Waals surface area contributed by atoms with Crippen molar-refractivity contribution in [2.24, 2.45) is 34.8 Å². The third-order valence-corrected chi connectivity index (χ3v) is 27.7. The van der Waals surface area contributed by atoms with Gasteiger partial charge in [0.2, 0.25) is 106 Å². The lowest BCUT2D eigenvalue weighted by Crippen LogP contribution is -2.61. The van der Waals surface area contributed by atoms with Crippen molar-refractivity contribution >= 4 is 151 Å². The lowest BCUT2D eigenvalue weighted by molar-refractivity contribution is -0.148. The van der Waals surface area contributed by atoms with Crippen LogP contribution in [0.25, 0.3) is 0 Å². The average molecular weight is 2020 g/mol. The number of carbonyl (C=O) groups is 19. The highest BCUT2D eigenvalue weighted by molar-refractivity contribution is 8.76. The van der Waals surface area contributed by atoms with E-state index in [1.165, 1.54) is 33.4 Å². The normalized spacial score (nSPS) is 24.1. The van der Waals surface area contributed by atoms with E-state index in [0.717, 1.165) is 21.6 Å². The molecule has 0 radical (unpaired) electrons. The molecule has 18 amide bonds. The van der Waals surface area contributed by atoms with Crippen LogP contribution in [0.15, 0.2) is 54.6 Å². The Morgan fingerprint density at radius 2 is 1.10 bits per heavy atom. The molecule has 17 atom stereocenters. The average Bonchev–Trinajstić information content (AvgIpc) is 1.65. The standard InChI is InChI=1S/C93H144ClN23O21S2/c1-8-9-27-63-89(135)114-41-19-31-70(114)86(132)101-54(6)77(123)112-68(50-118)84(130)110-66(48-56-23-11-10-12-24-56)83(129)113-69(85(131)108-64(29-14-16-39-96)90(136)117-44-22-34-73(117)91(137)115-42-20-32-71(115)87(133)103-59(76(97)122)35-36-74(120)121)51-140-139-45-37-62(80(126)109-65(46-52(2)3)81(127)105-61(30-18-40-100-93(98)99)78(124)104-60(79(125)107-63)28-13-15-38-95)106-82(128)67(49-57-25-17-26-58(94)47-57)111-88(134)72-33-21-43-116(72)92(138)75(53(4)5)102-55(7)119/h10-12,17,23-26,47,52-54,59-73,75,118H,8-9,13-16,18-22,27-46,48-51,95-96H2,1-7H3,(H2,97,122)(H,101,132)(H,102,119)(H,103,133)(H,104,124)(H,105,127)(H,106,128)(H,107,125)(H,108,131)(H,109,126)(H,110,130)(H,111,134)(H,112,123)(H,113,129)(H,120,121)(H4,98,99,100)/t54-,59+,60-,61+,62-,63-,64-,65-,66-,67-,68+,69-,70-,71-,72-,73-,75-/m0/s1. The second-order valence-electron chi connectivity index (χ2n) is 36.8. The summed E-state index contributed by atoms with van der Waals surface area (Å²) in [6.07, 6.45) is 1.79. The first kappa shape index (κ1) is 115. The molecule has 7 rings (SSSR count). The van der Waals surface area contributed by atoms with E-state index in [2.05, 4.69) is 74.4 Å². The Morgan fingerprint density at radius 1 is 0.550 bits per heavy atom. The van der Waals surface area contributed by atoms with E-state index < -0.39 is 252 Å². The monoisotopic (exact) mass is 2020 g/mol. The third kappa shape index (κ3) is 36.2. The first-order valence-corrected chi connectivity index (χ1v) is 51.3. The number of benzene rings is 2. The van der Waals surface area contributed by atoms with Crippen LogP contribution in [-0.2, 0) is 104 Å². The minimum Gasteiger partial charge on any atom is -0.481 e. The van der Waals surface area contributed by atoms with Gasteiger partial charge in [0.05, 0.1) is 6.61 Å². The van der Waals surface area contributed by atoms with Crippen LogP contribution in [0.2, 0.25) is 5.02 Å². The van der Waals surface area contributed by atoms with Crippen LogP contribution < -0.4 is 97.4 Å². The summed E-state index contributed by atoms with van der Waals surface area (Å²) in [5.41, 5.74) is 24.1. The van der Waals surface area contributed by atoms with Crippen molar-refractivity contribution in [2.75, 3.05) is 63.9 Å². The molecule has 0 bridgehead atoms. The minimum atomic E-state index is -1.84. The number of fused-ring (bicyclic) bond motifs is 1. The van der Waals surface area contributed by atoms with Crippen molar-refractivity contribution in [1.29, 1.82) is 5.41 Å². The van der Waals surface area contributed by atoms with Gasteiger partial charge in [-0.15, -0.1) is 0 Å². The molecule has 0 aliphatic carbocycles. The van der Waals surface area contributed by atoms with E-state index in [-0.39, 0.29) is 166 Å². The lowest BCUT2D eigenvalue weighted by atomic mass is 10.0. The zero-order chi connectivity index (χ0) is 103. The van der Waals surface area contributed by atoms with E-state index in [9.17, 15) is 67.7 Å². The molecule has 0 unspecified atom stereocenters. The second kappa shape index (κ2) is 58.7. The van der Waals surface area contributed by atoms with Crippen LogP contribution in [0.3, 0.4) is 0 Å². The zero-order valence-corrected chi connectivity index (χ0v) is 83.2. The quantitative estimate of drug-likeness (QED) is 0.0149. The molecule has 776 valence electrons. The summed E-state index contributed by atoms with van der Waals surface area (Å²) in [5, 5.41) is 66.3. The number of amides is 18. The number of hydrogen-bond acceptors (Lipinski definition) is 25. The van der Waals surface area contributed by atoms with Crippen LogP contribution in [0, 0.1) is 17.2 Å². The van der Waals surface area contributed by atoms with Crippen molar-refractivity contribution in [2.45, 2.75) is 312 Å². The van der Waals surface area contributed by atoms with E-state index in [1.54, 1.807) is 82.3 Å². The number of aliphatic hydroxyl groups excluding tert-OH is 1. The molecule has 44 nitrogen and oxygen atoms in total. The molecule has 140 heavy (non-hydrogen) atoms. The SMILES string of the molecule is CCCC[C@@H]1NC(=O)[C@H](CCCCN)NC(=O)[C@@H](CCCNC(=N)N)NC(=O)[C@H](CC(C)C)NC(=O)[C@@H](NC(=O)[C@H](Cc2cccc(Cl)c2)NC(=O)[C@@H]2CCCN2C(=O)[C@@H](NC(C)=O)C(C)C)CCSSC[C@@H](C(=O)N[C@@H](CCCCN)C(=O)N2CCC[C@H]2C(=O)N2CCC[C@H]2C(=O)N[C@H](CCC(=O)O)C(N)=O)NC(=O)[C@H](Cc2ccccc2)NC(=O)[C@@H](CO)NC(=O)[C@H](C)NC(=O)[C@@H]2CCCN2C1=O.